The van der Waals surface area contributed by atoms with Gasteiger partial charge in [-0.05, 0) is 24.3 Å². The zero-order valence-electron chi connectivity index (χ0n) is 12.6. The molecule has 1 amide bonds. The second-order valence-corrected chi connectivity index (χ2v) is 6.22. The smallest absolute Gasteiger partial charge is 0.291 e. The SMILES string of the molecule is CCC(=O)C(=O)Nc1ccccc1Sc1ccc(Cl)cc1[N+](=O)[O-]. The number of carbonyl (C=O) groups excluding carboxylic acids is 2. The predicted octanol–water partition coefficient (Wildman–Crippen LogP) is 4.32. The third-order valence-corrected chi connectivity index (χ3v) is 4.42. The van der Waals surface area contributed by atoms with Crippen LogP contribution in [0.1, 0.15) is 13.3 Å². The number of halogens is 1. The van der Waals surface area contributed by atoms with E-state index in [-0.39, 0.29) is 17.1 Å². The number of rotatable bonds is 6. The summed E-state index contributed by atoms with van der Waals surface area (Å²) in [6, 6.07) is 11.1. The number of carbonyl (C=O) groups is 2. The highest BCUT2D eigenvalue weighted by atomic mass is 35.5. The van der Waals surface area contributed by atoms with Crippen LogP contribution in [0.2, 0.25) is 5.02 Å². The molecule has 2 aromatic rings. The molecule has 0 unspecified atom stereocenters. The average Bonchev–Trinajstić information content (AvgIpc) is 2.57. The fraction of sp³-hybridized carbons (Fsp3) is 0.125. The van der Waals surface area contributed by atoms with Gasteiger partial charge in [-0.1, -0.05) is 42.4 Å². The first-order valence-corrected chi connectivity index (χ1v) is 8.16. The van der Waals surface area contributed by atoms with Crippen LogP contribution < -0.4 is 5.32 Å². The van der Waals surface area contributed by atoms with Crippen LogP contribution in [-0.4, -0.2) is 16.6 Å². The zero-order valence-corrected chi connectivity index (χ0v) is 14.2. The number of amides is 1. The number of ketones is 1. The number of nitro benzene ring substituents is 1. The normalized spacial score (nSPS) is 10.2. The first-order valence-electron chi connectivity index (χ1n) is 6.97. The molecule has 0 bridgehead atoms. The lowest BCUT2D eigenvalue weighted by Crippen LogP contribution is -2.22. The van der Waals surface area contributed by atoms with E-state index in [9.17, 15) is 19.7 Å². The molecule has 0 atom stereocenters. The monoisotopic (exact) mass is 364 g/mol. The predicted molar refractivity (Wildman–Crippen MR) is 92.6 cm³/mol. The summed E-state index contributed by atoms with van der Waals surface area (Å²) in [6.45, 7) is 1.60. The van der Waals surface area contributed by atoms with E-state index in [2.05, 4.69) is 5.32 Å². The Morgan fingerprint density at radius 3 is 2.58 bits per heavy atom. The molecular weight excluding hydrogens is 352 g/mol. The van der Waals surface area contributed by atoms with Crippen molar-refractivity contribution < 1.29 is 14.5 Å². The molecule has 0 radical (unpaired) electrons. The van der Waals surface area contributed by atoms with Gasteiger partial charge in [0.1, 0.15) is 0 Å². The number of anilines is 1. The lowest BCUT2D eigenvalue weighted by Gasteiger charge is -2.10. The second kappa shape index (κ2) is 7.94. The van der Waals surface area contributed by atoms with Crippen LogP contribution in [0.25, 0.3) is 0 Å². The Morgan fingerprint density at radius 1 is 1.21 bits per heavy atom. The minimum absolute atomic E-state index is 0.101. The Bertz CT molecular complexity index is 810. The highest BCUT2D eigenvalue weighted by Gasteiger charge is 2.18. The summed E-state index contributed by atoms with van der Waals surface area (Å²) in [5, 5.41) is 14.0. The number of nitrogens with zero attached hydrogens (tertiary/aromatic N) is 1. The maximum atomic E-state index is 11.8. The molecule has 0 saturated heterocycles. The largest absolute Gasteiger partial charge is 0.318 e. The van der Waals surface area contributed by atoms with Crippen molar-refractivity contribution in [3.63, 3.8) is 0 Å². The van der Waals surface area contributed by atoms with Crippen molar-refractivity contribution in [2.24, 2.45) is 0 Å². The van der Waals surface area contributed by atoms with Gasteiger partial charge in [0.25, 0.3) is 11.6 Å². The van der Waals surface area contributed by atoms with Gasteiger partial charge in [0, 0.05) is 22.4 Å². The first kappa shape index (κ1) is 18.0. The van der Waals surface area contributed by atoms with Crippen LogP contribution in [0.15, 0.2) is 52.3 Å². The van der Waals surface area contributed by atoms with Gasteiger partial charge in [-0.3, -0.25) is 19.7 Å². The lowest BCUT2D eigenvalue weighted by atomic mass is 10.2. The molecule has 24 heavy (non-hydrogen) atoms. The van der Waals surface area contributed by atoms with E-state index in [0.717, 1.165) is 11.8 Å². The maximum Gasteiger partial charge on any atom is 0.291 e. The van der Waals surface area contributed by atoms with Crippen LogP contribution in [0, 0.1) is 10.1 Å². The van der Waals surface area contributed by atoms with E-state index in [0.29, 0.717) is 15.5 Å². The quantitative estimate of drug-likeness (QED) is 0.468. The molecule has 0 aliphatic rings. The van der Waals surface area contributed by atoms with Crippen molar-refractivity contribution in [3.05, 3.63) is 57.6 Å². The zero-order chi connectivity index (χ0) is 17.7. The van der Waals surface area contributed by atoms with Gasteiger partial charge in [0.05, 0.1) is 15.5 Å². The van der Waals surface area contributed by atoms with E-state index < -0.39 is 16.6 Å². The van der Waals surface area contributed by atoms with Crippen molar-refractivity contribution in [1.82, 2.24) is 0 Å². The third kappa shape index (κ3) is 4.33. The van der Waals surface area contributed by atoms with Crippen molar-refractivity contribution >= 4 is 46.4 Å². The molecule has 0 aliphatic heterocycles. The molecule has 0 aromatic heterocycles. The summed E-state index contributed by atoms with van der Waals surface area (Å²) in [5.74, 6) is -1.25. The summed E-state index contributed by atoms with van der Waals surface area (Å²) in [7, 11) is 0. The van der Waals surface area contributed by atoms with E-state index >= 15 is 0 Å². The number of benzene rings is 2. The van der Waals surface area contributed by atoms with E-state index in [1.165, 1.54) is 6.07 Å². The van der Waals surface area contributed by atoms with Crippen molar-refractivity contribution in [3.8, 4) is 0 Å². The topological polar surface area (TPSA) is 89.3 Å². The lowest BCUT2D eigenvalue weighted by molar-refractivity contribution is -0.387. The van der Waals surface area contributed by atoms with Gasteiger partial charge in [-0.25, -0.2) is 0 Å². The maximum absolute atomic E-state index is 11.8. The Balaban J connectivity index is 2.33. The number of nitro groups is 1. The molecule has 0 fully saturated rings. The molecule has 2 aromatic carbocycles. The summed E-state index contributed by atoms with van der Waals surface area (Å²) in [5.41, 5.74) is 0.289. The molecule has 8 heteroatoms. The Morgan fingerprint density at radius 2 is 1.92 bits per heavy atom. The highest BCUT2D eigenvalue weighted by Crippen LogP contribution is 2.39. The Hall–Kier alpha value is -2.38. The van der Waals surface area contributed by atoms with E-state index in [4.69, 9.17) is 11.6 Å². The molecule has 0 spiro atoms. The number of Topliss-reactive ketones (excluding diaryl/α,β-unsaturated/α-hetero) is 1. The molecule has 6 nitrogen and oxygen atoms in total. The van der Waals surface area contributed by atoms with Crippen molar-refractivity contribution in [2.75, 3.05) is 5.32 Å². The number of nitrogens with one attached hydrogen (secondary N) is 1. The second-order valence-electron chi connectivity index (χ2n) is 4.70. The van der Waals surface area contributed by atoms with Gasteiger partial charge in [0.15, 0.2) is 0 Å². The van der Waals surface area contributed by atoms with E-state index in [1.54, 1.807) is 43.3 Å². The number of para-hydroxylation sites is 1. The molecule has 0 aliphatic carbocycles. The van der Waals surface area contributed by atoms with Crippen LogP contribution in [-0.2, 0) is 9.59 Å². The Kier molecular flexibility index (Phi) is 5.94. The number of hydrogen-bond acceptors (Lipinski definition) is 5. The molecule has 124 valence electrons. The van der Waals surface area contributed by atoms with Crippen LogP contribution in [0.5, 0.6) is 0 Å². The van der Waals surface area contributed by atoms with Gasteiger partial charge in [-0.2, -0.15) is 0 Å². The van der Waals surface area contributed by atoms with Gasteiger partial charge < -0.3 is 5.32 Å². The summed E-state index contributed by atoms with van der Waals surface area (Å²) >= 11 is 6.92. The highest BCUT2D eigenvalue weighted by molar-refractivity contribution is 7.99. The molecule has 0 saturated carbocycles. The van der Waals surface area contributed by atoms with Gasteiger partial charge in [0.2, 0.25) is 5.78 Å². The van der Waals surface area contributed by atoms with Crippen LogP contribution in [0.4, 0.5) is 11.4 Å². The molecule has 2 rings (SSSR count). The molecule has 0 heterocycles. The standard InChI is InChI=1S/C16H13ClN2O4S/c1-2-13(20)16(21)18-11-5-3-4-6-14(11)24-15-8-7-10(17)9-12(15)19(22)23/h3-9H,2H2,1H3,(H,18,21). The minimum atomic E-state index is -0.712. The van der Waals surface area contributed by atoms with Crippen molar-refractivity contribution in [2.45, 2.75) is 23.1 Å². The van der Waals surface area contributed by atoms with E-state index in [1.807, 2.05) is 0 Å². The Labute approximate surface area is 147 Å². The third-order valence-electron chi connectivity index (χ3n) is 3.05. The fourth-order valence-electron chi connectivity index (χ4n) is 1.85. The number of hydrogen-bond donors (Lipinski definition) is 1. The minimum Gasteiger partial charge on any atom is -0.318 e. The molecule has 1 N–H and O–H groups in total. The van der Waals surface area contributed by atoms with Gasteiger partial charge in [-0.15, -0.1) is 0 Å². The first-order chi connectivity index (χ1) is 11.4. The van der Waals surface area contributed by atoms with Crippen LogP contribution in [0.3, 0.4) is 0 Å². The van der Waals surface area contributed by atoms with Crippen molar-refractivity contribution in [1.29, 1.82) is 0 Å². The summed E-state index contributed by atoms with van der Waals surface area (Å²) in [4.78, 5) is 34.8. The van der Waals surface area contributed by atoms with Crippen LogP contribution >= 0.6 is 23.4 Å². The van der Waals surface area contributed by atoms with Gasteiger partial charge >= 0.3 is 0 Å². The average molecular weight is 365 g/mol. The summed E-state index contributed by atoms with van der Waals surface area (Å²) in [6.07, 6.45) is 0.101. The summed E-state index contributed by atoms with van der Waals surface area (Å²) < 4.78 is 0. The molecular formula is C16H13ClN2O4S. The fourth-order valence-corrected chi connectivity index (χ4v) is 3.00.